The number of pyridine rings is 1. The summed E-state index contributed by atoms with van der Waals surface area (Å²) in [5, 5.41) is 16.8. The smallest absolute Gasteiger partial charge is 0.332 e. The van der Waals surface area contributed by atoms with Crippen molar-refractivity contribution in [3.05, 3.63) is 53.9 Å². The van der Waals surface area contributed by atoms with Crippen molar-refractivity contribution < 1.29 is 18.8 Å². The Labute approximate surface area is 198 Å². The fourth-order valence-corrected chi connectivity index (χ4v) is 4.93. The molecule has 2 amide bonds. The minimum absolute atomic E-state index is 0.0933. The van der Waals surface area contributed by atoms with Crippen LogP contribution >= 0.6 is 0 Å². The van der Waals surface area contributed by atoms with Crippen LogP contribution in [0.4, 0.5) is 10.5 Å². The first kappa shape index (κ1) is 23.7. The molecule has 11 heteroatoms. The Morgan fingerprint density at radius 3 is 2.82 bits per heavy atom. The van der Waals surface area contributed by atoms with Crippen LogP contribution in [0.3, 0.4) is 0 Å². The average Bonchev–Trinajstić information content (AvgIpc) is 3.42. The Morgan fingerprint density at radius 2 is 2.09 bits per heavy atom. The number of fused-ring (bicyclic) bond motifs is 1. The van der Waals surface area contributed by atoms with Crippen molar-refractivity contribution >= 4 is 21.6 Å². The van der Waals surface area contributed by atoms with E-state index in [0.29, 0.717) is 11.6 Å². The summed E-state index contributed by atoms with van der Waals surface area (Å²) in [6, 6.07) is 8.23. The van der Waals surface area contributed by atoms with Gasteiger partial charge in [-0.1, -0.05) is 12.1 Å². The Hall–Kier alpha value is -3.44. The van der Waals surface area contributed by atoms with Crippen molar-refractivity contribution in [3.8, 4) is 17.0 Å². The molecular formula is C23H28N6O4S. The highest BCUT2D eigenvalue weighted by atomic mass is 32.2. The maximum atomic E-state index is 13.0. The van der Waals surface area contributed by atoms with E-state index >= 15 is 0 Å². The quantitative estimate of drug-likeness (QED) is 0.405. The number of carbonyl (C=O) groups excluding carboxylic acids is 1. The second-order valence-electron chi connectivity index (χ2n) is 8.84. The van der Waals surface area contributed by atoms with Gasteiger partial charge in [-0.25, -0.2) is 23.5 Å². The van der Waals surface area contributed by atoms with Gasteiger partial charge in [0, 0.05) is 24.0 Å². The number of nitrogens with one attached hydrogen (secondary N) is 3. The summed E-state index contributed by atoms with van der Waals surface area (Å²) in [5.74, 6) is 0.448. The van der Waals surface area contributed by atoms with Gasteiger partial charge < -0.3 is 15.2 Å². The van der Waals surface area contributed by atoms with Crippen LogP contribution in [0.25, 0.3) is 11.1 Å². The van der Waals surface area contributed by atoms with Crippen molar-refractivity contribution in [2.75, 3.05) is 12.4 Å². The SMILES string of the molecule is COc1cc(-c2ccc3c(c2NC(=O)NS(=N)(=O)c2ccn(CC(C)(C)O)n2)CCC3)ccn1. The number of rotatable bonds is 7. The van der Waals surface area contributed by atoms with E-state index in [0.717, 1.165) is 41.5 Å². The zero-order chi connectivity index (χ0) is 24.5. The molecule has 3 aromatic rings. The molecule has 10 nitrogen and oxygen atoms in total. The number of ether oxygens (including phenoxy) is 1. The number of aromatic nitrogens is 3. The van der Waals surface area contributed by atoms with Crippen LogP contribution in [0, 0.1) is 4.78 Å². The van der Waals surface area contributed by atoms with Crippen LogP contribution in [-0.4, -0.2) is 42.8 Å². The van der Waals surface area contributed by atoms with Gasteiger partial charge in [0.05, 0.1) is 24.9 Å². The number of hydrogen-bond donors (Lipinski definition) is 4. The molecule has 0 saturated carbocycles. The zero-order valence-corrected chi connectivity index (χ0v) is 20.1. The second kappa shape index (κ2) is 9.07. The van der Waals surface area contributed by atoms with E-state index in [2.05, 4.69) is 26.2 Å². The lowest BCUT2D eigenvalue weighted by molar-refractivity contribution is 0.0573. The number of aliphatic hydroxyl groups is 1. The predicted molar refractivity (Wildman–Crippen MR) is 128 cm³/mol. The summed E-state index contributed by atoms with van der Waals surface area (Å²) < 4.78 is 30.1. The summed E-state index contributed by atoms with van der Waals surface area (Å²) in [6.07, 6.45) is 5.84. The molecule has 0 aliphatic heterocycles. The van der Waals surface area contributed by atoms with Crippen LogP contribution in [0.15, 0.2) is 47.8 Å². The molecule has 34 heavy (non-hydrogen) atoms. The second-order valence-corrected chi connectivity index (χ2v) is 10.6. The van der Waals surface area contributed by atoms with Gasteiger partial charge in [-0.2, -0.15) is 5.10 Å². The first-order valence-electron chi connectivity index (χ1n) is 10.8. The third-order valence-electron chi connectivity index (χ3n) is 5.47. The summed E-state index contributed by atoms with van der Waals surface area (Å²) in [4.78, 5) is 17.1. The van der Waals surface area contributed by atoms with Gasteiger partial charge in [0.15, 0.2) is 14.9 Å². The first-order chi connectivity index (χ1) is 16.1. The number of anilines is 1. The fraction of sp³-hybridized carbons (Fsp3) is 0.348. The summed E-state index contributed by atoms with van der Waals surface area (Å²) >= 11 is 0. The molecule has 0 radical (unpaired) electrons. The number of hydrogen-bond acceptors (Lipinski definition) is 7. The number of aryl methyl sites for hydroxylation is 1. The molecule has 0 bridgehead atoms. The molecule has 2 heterocycles. The highest BCUT2D eigenvalue weighted by Gasteiger charge is 2.23. The summed E-state index contributed by atoms with van der Waals surface area (Å²) in [6.45, 7) is 3.39. The fourth-order valence-electron chi connectivity index (χ4n) is 4.04. The van der Waals surface area contributed by atoms with E-state index in [9.17, 15) is 14.1 Å². The third-order valence-corrected chi connectivity index (χ3v) is 6.75. The molecule has 4 N–H and O–H groups in total. The number of amides is 2. The van der Waals surface area contributed by atoms with Crippen molar-refractivity contribution in [1.82, 2.24) is 19.5 Å². The van der Waals surface area contributed by atoms with E-state index < -0.39 is 21.5 Å². The number of urea groups is 1. The van der Waals surface area contributed by atoms with Crippen LogP contribution in [0.5, 0.6) is 5.88 Å². The lowest BCUT2D eigenvalue weighted by Gasteiger charge is -2.17. The molecule has 0 saturated heterocycles. The monoisotopic (exact) mass is 484 g/mol. The van der Waals surface area contributed by atoms with E-state index in [-0.39, 0.29) is 11.6 Å². The van der Waals surface area contributed by atoms with E-state index in [4.69, 9.17) is 9.52 Å². The lowest BCUT2D eigenvalue weighted by atomic mass is 9.98. The maximum absolute atomic E-state index is 13.0. The Kier molecular flexibility index (Phi) is 6.32. The van der Waals surface area contributed by atoms with Crippen LogP contribution in [-0.2, 0) is 29.3 Å². The van der Waals surface area contributed by atoms with Crippen molar-refractivity contribution in [2.45, 2.75) is 50.3 Å². The van der Waals surface area contributed by atoms with Gasteiger partial charge in [-0.15, -0.1) is 0 Å². The molecule has 1 aliphatic rings. The van der Waals surface area contributed by atoms with Gasteiger partial charge in [0.2, 0.25) is 5.88 Å². The molecule has 1 unspecified atom stereocenters. The lowest BCUT2D eigenvalue weighted by Crippen LogP contribution is -2.34. The Balaban J connectivity index is 1.60. The first-order valence-corrected chi connectivity index (χ1v) is 12.4. The topological polar surface area (TPSA) is 142 Å². The molecule has 4 rings (SSSR count). The van der Waals surface area contributed by atoms with Gasteiger partial charge >= 0.3 is 6.03 Å². The molecule has 0 spiro atoms. The zero-order valence-electron chi connectivity index (χ0n) is 19.3. The van der Waals surface area contributed by atoms with Gasteiger partial charge in [-0.05, 0) is 61.9 Å². The van der Waals surface area contributed by atoms with Crippen molar-refractivity contribution in [2.24, 2.45) is 0 Å². The van der Waals surface area contributed by atoms with E-state index in [1.54, 1.807) is 26.1 Å². The van der Waals surface area contributed by atoms with E-state index in [1.807, 2.05) is 12.1 Å². The molecule has 180 valence electrons. The highest BCUT2D eigenvalue weighted by molar-refractivity contribution is 7.91. The minimum Gasteiger partial charge on any atom is -0.481 e. The number of carbonyl (C=O) groups is 1. The van der Waals surface area contributed by atoms with E-state index in [1.165, 1.54) is 24.1 Å². The largest absolute Gasteiger partial charge is 0.481 e. The predicted octanol–water partition coefficient (Wildman–Crippen LogP) is 3.36. The van der Waals surface area contributed by atoms with Gasteiger partial charge in [-0.3, -0.25) is 4.68 Å². The minimum atomic E-state index is -3.72. The van der Waals surface area contributed by atoms with Gasteiger partial charge in [0.1, 0.15) is 0 Å². The van der Waals surface area contributed by atoms with Crippen molar-refractivity contribution in [1.29, 1.82) is 4.78 Å². The molecule has 1 atom stereocenters. The van der Waals surface area contributed by atoms with Crippen LogP contribution in [0.1, 0.15) is 31.4 Å². The molecule has 0 fully saturated rings. The van der Waals surface area contributed by atoms with Gasteiger partial charge in [0.25, 0.3) is 0 Å². The summed E-state index contributed by atoms with van der Waals surface area (Å²) in [5.41, 5.74) is 3.35. The Bertz CT molecular complexity index is 1330. The van der Waals surface area contributed by atoms with Crippen LogP contribution in [0.2, 0.25) is 0 Å². The number of benzene rings is 1. The number of methoxy groups -OCH3 is 1. The maximum Gasteiger partial charge on any atom is 0.332 e. The molecular weight excluding hydrogens is 456 g/mol. The highest BCUT2D eigenvalue weighted by Crippen LogP contribution is 2.38. The molecule has 1 aliphatic carbocycles. The summed E-state index contributed by atoms with van der Waals surface area (Å²) in [7, 11) is -2.19. The van der Waals surface area contributed by atoms with Crippen molar-refractivity contribution in [3.63, 3.8) is 0 Å². The number of nitrogens with zero attached hydrogens (tertiary/aromatic N) is 3. The molecule has 2 aromatic heterocycles. The normalized spacial score (nSPS) is 14.8. The third kappa shape index (κ3) is 5.20. The average molecular weight is 485 g/mol. The van der Waals surface area contributed by atoms with Crippen LogP contribution < -0.4 is 14.8 Å². The molecule has 1 aromatic carbocycles. The standard InChI is InChI=1S/C23H28N6O4S/c1-23(2,31)14-29-12-10-20(27-29)34(24,32)28-22(30)26-21-17-6-4-5-15(17)7-8-18(21)16-9-11-25-19(13-16)33-3/h7-13,31H,4-6,14H2,1-3H3,(H3,24,26,28,30,32). The Morgan fingerprint density at radius 1 is 1.29 bits per heavy atom.